The number of rotatable bonds is 5. The number of aromatic nitrogens is 2. The lowest BCUT2D eigenvalue weighted by Crippen LogP contribution is -2.39. The summed E-state index contributed by atoms with van der Waals surface area (Å²) in [5, 5.41) is 0.792. The molecular weight excluding hydrogens is 346 g/mol. The standard InChI is InChI=1S/C20H27N3O2S/c1-2-7-17(24)23(13-8-3-4-9-13)12-16-21-19(25)18-14-10-5-6-11-15(14)26-20(18)22-16/h13H,2-12H2,1H3,(H,21,22,25). The van der Waals surface area contributed by atoms with Gasteiger partial charge in [0.1, 0.15) is 10.7 Å². The molecule has 2 aromatic rings. The largest absolute Gasteiger partial charge is 0.332 e. The molecule has 1 saturated carbocycles. The number of hydrogen-bond acceptors (Lipinski definition) is 4. The summed E-state index contributed by atoms with van der Waals surface area (Å²) in [5.41, 5.74) is 1.19. The zero-order valence-corrected chi connectivity index (χ0v) is 16.3. The molecule has 140 valence electrons. The van der Waals surface area contributed by atoms with Crippen molar-refractivity contribution >= 4 is 27.5 Å². The molecule has 0 aliphatic heterocycles. The smallest absolute Gasteiger partial charge is 0.259 e. The summed E-state index contributed by atoms with van der Waals surface area (Å²) in [6.07, 6.45) is 10.3. The average Bonchev–Trinajstić information content (AvgIpc) is 3.27. The van der Waals surface area contributed by atoms with Gasteiger partial charge in [-0.25, -0.2) is 4.98 Å². The molecule has 0 atom stereocenters. The van der Waals surface area contributed by atoms with E-state index in [-0.39, 0.29) is 11.5 Å². The molecule has 1 amide bonds. The number of nitrogens with zero attached hydrogens (tertiary/aromatic N) is 2. The quantitative estimate of drug-likeness (QED) is 0.863. The number of aryl methyl sites for hydroxylation is 2. The van der Waals surface area contributed by atoms with Crippen molar-refractivity contribution in [1.82, 2.24) is 14.9 Å². The molecule has 2 aliphatic rings. The molecule has 1 N–H and O–H groups in total. The number of H-pyrrole nitrogens is 1. The van der Waals surface area contributed by atoms with Crippen LogP contribution in [0, 0.1) is 0 Å². The lowest BCUT2D eigenvalue weighted by Gasteiger charge is -2.28. The Bertz CT molecular complexity index is 864. The van der Waals surface area contributed by atoms with E-state index in [4.69, 9.17) is 4.98 Å². The van der Waals surface area contributed by atoms with Gasteiger partial charge in [0.15, 0.2) is 0 Å². The summed E-state index contributed by atoms with van der Waals surface area (Å²) in [7, 11) is 0. The van der Waals surface area contributed by atoms with Crippen molar-refractivity contribution < 1.29 is 4.79 Å². The molecule has 2 aromatic heterocycles. The first kappa shape index (κ1) is 17.7. The highest BCUT2D eigenvalue weighted by Crippen LogP contribution is 2.33. The average molecular weight is 374 g/mol. The third-order valence-corrected chi connectivity index (χ3v) is 6.93. The van der Waals surface area contributed by atoms with Crippen molar-refractivity contribution in [3.63, 3.8) is 0 Å². The van der Waals surface area contributed by atoms with E-state index in [2.05, 4.69) is 4.98 Å². The minimum absolute atomic E-state index is 0.0290. The maximum absolute atomic E-state index is 12.7. The first-order valence-corrected chi connectivity index (χ1v) is 10.8. The van der Waals surface area contributed by atoms with E-state index in [1.54, 1.807) is 11.3 Å². The fourth-order valence-electron chi connectivity index (χ4n) is 4.44. The molecule has 0 bridgehead atoms. The first-order valence-electron chi connectivity index (χ1n) is 10.00. The van der Waals surface area contributed by atoms with Crippen molar-refractivity contribution in [2.45, 2.75) is 83.7 Å². The van der Waals surface area contributed by atoms with Gasteiger partial charge in [0.25, 0.3) is 5.56 Å². The van der Waals surface area contributed by atoms with Crippen LogP contribution in [-0.2, 0) is 24.2 Å². The Morgan fingerprint density at radius 2 is 2.00 bits per heavy atom. The number of hydrogen-bond donors (Lipinski definition) is 1. The van der Waals surface area contributed by atoms with Gasteiger partial charge in [0.2, 0.25) is 5.91 Å². The Hall–Kier alpha value is -1.69. The fraction of sp³-hybridized carbons (Fsp3) is 0.650. The molecule has 0 unspecified atom stereocenters. The molecule has 5 nitrogen and oxygen atoms in total. The second-order valence-corrected chi connectivity index (χ2v) is 8.70. The van der Waals surface area contributed by atoms with Gasteiger partial charge < -0.3 is 9.88 Å². The van der Waals surface area contributed by atoms with Crippen LogP contribution in [-0.4, -0.2) is 26.8 Å². The molecule has 0 aromatic carbocycles. The summed E-state index contributed by atoms with van der Waals surface area (Å²) < 4.78 is 0. The summed E-state index contributed by atoms with van der Waals surface area (Å²) in [6, 6.07) is 0.298. The summed E-state index contributed by atoms with van der Waals surface area (Å²) >= 11 is 1.67. The van der Waals surface area contributed by atoms with E-state index >= 15 is 0 Å². The second-order valence-electron chi connectivity index (χ2n) is 7.61. The van der Waals surface area contributed by atoms with Crippen molar-refractivity contribution in [2.75, 3.05) is 0 Å². The number of fused-ring (bicyclic) bond motifs is 3. The SMILES string of the molecule is CCCC(=O)N(Cc1nc2sc3c(c2c(=O)[nH]1)CCCC3)C1CCCC1. The van der Waals surface area contributed by atoms with Crippen LogP contribution in [0.1, 0.15) is 74.6 Å². The minimum atomic E-state index is -0.0290. The maximum Gasteiger partial charge on any atom is 0.259 e. The van der Waals surface area contributed by atoms with E-state index in [0.717, 1.165) is 48.7 Å². The van der Waals surface area contributed by atoms with Gasteiger partial charge in [-0.2, -0.15) is 0 Å². The minimum Gasteiger partial charge on any atom is -0.332 e. The van der Waals surface area contributed by atoms with Crippen LogP contribution < -0.4 is 5.56 Å². The molecule has 1 fully saturated rings. The van der Waals surface area contributed by atoms with Crippen molar-refractivity contribution in [3.05, 3.63) is 26.6 Å². The Morgan fingerprint density at radius 3 is 2.77 bits per heavy atom. The van der Waals surface area contributed by atoms with Gasteiger partial charge in [-0.15, -0.1) is 11.3 Å². The van der Waals surface area contributed by atoms with Gasteiger partial charge in [-0.3, -0.25) is 9.59 Å². The highest BCUT2D eigenvalue weighted by molar-refractivity contribution is 7.18. The van der Waals surface area contributed by atoms with Gasteiger partial charge in [0.05, 0.1) is 11.9 Å². The predicted molar refractivity (Wildman–Crippen MR) is 105 cm³/mol. The lowest BCUT2D eigenvalue weighted by molar-refractivity contribution is -0.134. The van der Waals surface area contributed by atoms with Crippen LogP contribution in [0.3, 0.4) is 0 Å². The van der Waals surface area contributed by atoms with Gasteiger partial charge in [-0.05, 0) is 50.5 Å². The highest BCUT2D eigenvalue weighted by Gasteiger charge is 2.27. The maximum atomic E-state index is 12.7. The molecule has 0 saturated heterocycles. The monoisotopic (exact) mass is 373 g/mol. The predicted octanol–water partition coefficient (Wildman–Crippen LogP) is 3.93. The van der Waals surface area contributed by atoms with E-state index in [9.17, 15) is 9.59 Å². The Balaban J connectivity index is 1.66. The first-order chi connectivity index (χ1) is 12.7. The number of carbonyl (C=O) groups excluding carboxylic acids is 1. The molecule has 26 heavy (non-hydrogen) atoms. The Morgan fingerprint density at radius 1 is 1.23 bits per heavy atom. The van der Waals surface area contributed by atoms with Gasteiger partial charge in [-0.1, -0.05) is 19.8 Å². The van der Waals surface area contributed by atoms with Gasteiger partial charge in [0, 0.05) is 17.3 Å². The molecule has 6 heteroatoms. The van der Waals surface area contributed by atoms with Crippen LogP contribution in [0.5, 0.6) is 0 Å². The van der Waals surface area contributed by atoms with Crippen molar-refractivity contribution in [2.24, 2.45) is 0 Å². The number of thiophene rings is 1. The molecule has 2 aliphatic carbocycles. The molecule has 0 radical (unpaired) electrons. The zero-order valence-electron chi connectivity index (χ0n) is 15.5. The van der Waals surface area contributed by atoms with Crippen molar-refractivity contribution in [1.29, 1.82) is 0 Å². The van der Waals surface area contributed by atoms with Gasteiger partial charge >= 0.3 is 0 Å². The zero-order chi connectivity index (χ0) is 18.1. The number of carbonyl (C=O) groups is 1. The molecule has 2 heterocycles. The number of aromatic amines is 1. The fourth-order valence-corrected chi connectivity index (χ4v) is 5.72. The molecule has 0 spiro atoms. The number of amides is 1. The molecule has 4 rings (SSSR count). The summed E-state index contributed by atoms with van der Waals surface area (Å²) in [6.45, 7) is 2.46. The van der Waals surface area contributed by atoms with Crippen LogP contribution >= 0.6 is 11.3 Å². The van der Waals surface area contributed by atoms with Crippen LogP contribution in [0.4, 0.5) is 0 Å². The summed E-state index contributed by atoms with van der Waals surface area (Å²) in [4.78, 5) is 37.3. The third-order valence-electron chi connectivity index (χ3n) is 5.74. The highest BCUT2D eigenvalue weighted by atomic mass is 32.1. The Kier molecular flexibility index (Phi) is 5.11. The van der Waals surface area contributed by atoms with E-state index < -0.39 is 0 Å². The van der Waals surface area contributed by atoms with E-state index in [1.807, 2.05) is 11.8 Å². The van der Waals surface area contributed by atoms with Crippen LogP contribution in [0.2, 0.25) is 0 Å². The molecular formula is C20H27N3O2S. The lowest BCUT2D eigenvalue weighted by atomic mass is 9.97. The topological polar surface area (TPSA) is 66.1 Å². The van der Waals surface area contributed by atoms with Crippen LogP contribution in [0.25, 0.3) is 10.2 Å². The Labute approximate surface area is 157 Å². The number of nitrogens with one attached hydrogen (secondary N) is 1. The normalized spacial score (nSPS) is 17.6. The summed E-state index contributed by atoms with van der Waals surface area (Å²) in [5.74, 6) is 0.824. The van der Waals surface area contributed by atoms with E-state index in [1.165, 1.54) is 29.7 Å². The third kappa shape index (κ3) is 3.31. The van der Waals surface area contributed by atoms with E-state index in [0.29, 0.717) is 24.8 Å². The van der Waals surface area contributed by atoms with Crippen molar-refractivity contribution in [3.8, 4) is 0 Å². The second kappa shape index (κ2) is 7.51. The van der Waals surface area contributed by atoms with Crippen LogP contribution in [0.15, 0.2) is 4.79 Å².